The minimum Gasteiger partial charge on any atom is -0.505 e. The Morgan fingerprint density at radius 2 is 2.16 bits per heavy atom. The van der Waals surface area contributed by atoms with E-state index in [-0.39, 0.29) is 23.8 Å². The van der Waals surface area contributed by atoms with Crippen molar-refractivity contribution in [1.29, 1.82) is 0 Å². The number of pyridine rings is 1. The van der Waals surface area contributed by atoms with Gasteiger partial charge in [-0.05, 0) is 29.8 Å². The molecule has 4 nitrogen and oxygen atoms in total. The van der Waals surface area contributed by atoms with Crippen molar-refractivity contribution in [2.24, 2.45) is 0 Å². The zero-order valence-electron chi connectivity index (χ0n) is 10.4. The Hall–Kier alpha value is -2.43. The molecule has 98 valence electrons. The van der Waals surface area contributed by atoms with E-state index in [4.69, 9.17) is 0 Å². The van der Waals surface area contributed by atoms with Gasteiger partial charge in [-0.1, -0.05) is 12.1 Å². The fourth-order valence-corrected chi connectivity index (χ4v) is 1.72. The first-order valence-electron chi connectivity index (χ1n) is 5.72. The first-order valence-corrected chi connectivity index (χ1v) is 5.72. The second-order valence-electron chi connectivity index (χ2n) is 4.16. The highest BCUT2D eigenvalue weighted by Gasteiger charge is 2.17. The number of halogens is 1. The molecule has 0 bridgehead atoms. The summed E-state index contributed by atoms with van der Waals surface area (Å²) in [6.07, 6.45) is 1.43. The summed E-state index contributed by atoms with van der Waals surface area (Å²) in [5.74, 6) is -0.931. The van der Waals surface area contributed by atoms with Gasteiger partial charge in [0.2, 0.25) is 0 Å². The Bertz CT molecular complexity index is 602. The van der Waals surface area contributed by atoms with Crippen LogP contribution >= 0.6 is 0 Å². The van der Waals surface area contributed by atoms with Crippen LogP contribution in [0.5, 0.6) is 5.75 Å². The van der Waals surface area contributed by atoms with E-state index in [0.29, 0.717) is 5.56 Å². The Balaban J connectivity index is 2.14. The summed E-state index contributed by atoms with van der Waals surface area (Å²) < 4.78 is 13.0. The molecular formula is C14H13FN2O2. The summed E-state index contributed by atoms with van der Waals surface area (Å²) in [7, 11) is 1.57. The highest BCUT2D eigenvalue weighted by Crippen LogP contribution is 2.16. The monoisotopic (exact) mass is 260 g/mol. The largest absolute Gasteiger partial charge is 0.505 e. The highest BCUT2D eigenvalue weighted by atomic mass is 19.1. The molecule has 0 spiro atoms. The standard InChI is InChI=1S/C14H13FN2O2/c1-17(9-10-4-2-5-11(15)8-10)14(19)13-12(18)6-3-7-16-13/h2-8,18H,9H2,1H3. The van der Waals surface area contributed by atoms with E-state index in [1.54, 1.807) is 25.2 Å². The zero-order chi connectivity index (χ0) is 13.8. The van der Waals surface area contributed by atoms with Crippen LogP contribution < -0.4 is 0 Å². The van der Waals surface area contributed by atoms with Crippen LogP contribution in [0.3, 0.4) is 0 Å². The van der Waals surface area contributed by atoms with Gasteiger partial charge in [0.05, 0.1) is 0 Å². The lowest BCUT2D eigenvalue weighted by Gasteiger charge is -2.17. The third-order valence-corrected chi connectivity index (χ3v) is 2.64. The van der Waals surface area contributed by atoms with Crippen molar-refractivity contribution < 1.29 is 14.3 Å². The van der Waals surface area contributed by atoms with E-state index in [2.05, 4.69) is 4.98 Å². The summed E-state index contributed by atoms with van der Waals surface area (Å²) in [6, 6.07) is 8.96. The normalized spacial score (nSPS) is 10.2. The summed E-state index contributed by atoms with van der Waals surface area (Å²) in [6.45, 7) is 0.243. The smallest absolute Gasteiger partial charge is 0.276 e. The number of carbonyl (C=O) groups excluding carboxylic acids is 1. The minimum atomic E-state index is -0.414. The highest BCUT2D eigenvalue weighted by molar-refractivity contribution is 5.94. The van der Waals surface area contributed by atoms with Gasteiger partial charge < -0.3 is 10.0 Å². The summed E-state index contributed by atoms with van der Waals surface area (Å²) in [5, 5.41) is 9.57. The molecule has 1 N–H and O–H groups in total. The molecule has 0 aliphatic rings. The molecule has 1 aromatic carbocycles. The molecule has 1 amide bonds. The lowest BCUT2D eigenvalue weighted by atomic mass is 10.2. The number of rotatable bonds is 3. The summed E-state index contributed by atoms with van der Waals surface area (Å²) >= 11 is 0. The number of hydrogen-bond acceptors (Lipinski definition) is 3. The van der Waals surface area contributed by atoms with E-state index in [1.807, 2.05) is 0 Å². The minimum absolute atomic E-state index is 0.0126. The third kappa shape index (κ3) is 3.07. The maximum atomic E-state index is 13.0. The third-order valence-electron chi connectivity index (χ3n) is 2.64. The van der Waals surface area contributed by atoms with Crippen molar-refractivity contribution in [3.8, 4) is 5.75 Å². The fourth-order valence-electron chi connectivity index (χ4n) is 1.72. The van der Waals surface area contributed by atoms with Crippen molar-refractivity contribution in [3.63, 3.8) is 0 Å². The molecule has 0 radical (unpaired) electrons. The Kier molecular flexibility index (Phi) is 3.75. The lowest BCUT2D eigenvalue weighted by Crippen LogP contribution is -2.27. The van der Waals surface area contributed by atoms with E-state index < -0.39 is 5.91 Å². The van der Waals surface area contributed by atoms with E-state index in [1.165, 1.54) is 29.3 Å². The van der Waals surface area contributed by atoms with Gasteiger partial charge in [-0.3, -0.25) is 4.79 Å². The molecule has 0 saturated carbocycles. The van der Waals surface area contributed by atoms with Crippen LogP contribution in [0.4, 0.5) is 4.39 Å². The first-order chi connectivity index (χ1) is 9.08. The van der Waals surface area contributed by atoms with E-state index in [9.17, 15) is 14.3 Å². The van der Waals surface area contributed by atoms with Gasteiger partial charge >= 0.3 is 0 Å². The average molecular weight is 260 g/mol. The maximum absolute atomic E-state index is 13.0. The van der Waals surface area contributed by atoms with Crippen LogP contribution in [0.15, 0.2) is 42.6 Å². The second-order valence-corrected chi connectivity index (χ2v) is 4.16. The number of hydrogen-bond donors (Lipinski definition) is 1. The Morgan fingerprint density at radius 3 is 2.84 bits per heavy atom. The predicted molar refractivity (Wildman–Crippen MR) is 68.1 cm³/mol. The van der Waals surface area contributed by atoms with Crippen molar-refractivity contribution in [1.82, 2.24) is 9.88 Å². The van der Waals surface area contributed by atoms with E-state index >= 15 is 0 Å². The van der Waals surface area contributed by atoms with Crippen molar-refractivity contribution in [3.05, 3.63) is 59.7 Å². The number of aromatic hydroxyl groups is 1. The first kappa shape index (κ1) is 13.0. The maximum Gasteiger partial charge on any atom is 0.276 e. The SMILES string of the molecule is CN(Cc1cccc(F)c1)C(=O)c1ncccc1O. The Morgan fingerprint density at radius 1 is 1.37 bits per heavy atom. The van der Waals surface area contributed by atoms with Gasteiger partial charge in [0.1, 0.15) is 11.6 Å². The molecule has 0 saturated heterocycles. The molecule has 0 aliphatic heterocycles. The number of nitrogens with zero attached hydrogens (tertiary/aromatic N) is 2. The van der Waals surface area contributed by atoms with Crippen LogP contribution in [-0.2, 0) is 6.54 Å². The number of aromatic nitrogens is 1. The zero-order valence-corrected chi connectivity index (χ0v) is 10.4. The van der Waals surface area contributed by atoms with Crippen molar-refractivity contribution in [2.75, 3.05) is 7.05 Å². The van der Waals surface area contributed by atoms with Crippen molar-refractivity contribution >= 4 is 5.91 Å². The van der Waals surface area contributed by atoms with E-state index in [0.717, 1.165) is 0 Å². The molecule has 5 heteroatoms. The van der Waals surface area contributed by atoms with Crippen LogP contribution in [-0.4, -0.2) is 27.9 Å². The number of carbonyl (C=O) groups is 1. The van der Waals surface area contributed by atoms with Gasteiger partial charge in [-0.25, -0.2) is 9.37 Å². The quantitative estimate of drug-likeness (QED) is 0.920. The predicted octanol–water partition coefficient (Wildman–Crippen LogP) is 2.20. The van der Waals surface area contributed by atoms with Gasteiger partial charge in [0, 0.05) is 19.8 Å². The van der Waals surface area contributed by atoms with Crippen LogP contribution in [0.2, 0.25) is 0 Å². The fraction of sp³-hybridized carbons (Fsp3) is 0.143. The van der Waals surface area contributed by atoms with Crippen molar-refractivity contribution in [2.45, 2.75) is 6.54 Å². The molecule has 0 fully saturated rings. The molecule has 0 unspecified atom stereocenters. The van der Waals surface area contributed by atoms with Gasteiger partial charge in [0.15, 0.2) is 5.69 Å². The summed E-state index contributed by atoms with van der Waals surface area (Å²) in [5.41, 5.74) is 0.660. The molecule has 19 heavy (non-hydrogen) atoms. The molecule has 0 aliphatic carbocycles. The van der Waals surface area contributed by atoms with Gasteiger partial charge in [-0.15, -0.1) is 0 Å². The molecule has 2 rings (SSSR count). The Labute approximate surface area is 110 Å². The van der Waals surface area contributed by atoms with Crippen LogP contribution in [0.25, 0.3) is 0 Å². The molecule has 0 atom stereocenters. The average Bonchev–Trinajstić information content (AvgIpc) is 2.38. The lowest BCUT2D eigenvalue weighted by molar-refractivity contribution is 0.0776. The van der Waals surface area contributed by atoms with Gasteiger partial charge in [0.25, 0.3) is 5.91 Å². The molecule has 2 aromatic rings. The van der Waals surface area contributed by atoms with Crippen LogP contribution in [0.1, 0.15) is 16.1 Å². The number of amides is 1. The molecular weight excluding hydrogens is 247 g/mol. The summed E-state index contributed by atoms with van der Waals surface area (Å²) in [4.78, 5) is 17.3. The van der Waals surface area contributed by atoms with Gasteiger partial charge in [-0.2, -0.15) is 0 Å². The number of benzene rings is 1. The van der Waals surface area contributed by atoms with Crippen LogP contribution in [0, 0.1) is 5.82 Å². The topological polar surface area (TPSA) is 53.4 Å². The second kappa shape index (κ2) is 5.48. The molecule has 1 heterocycles. The molecule has 1 aromatic heterocycles.